The highest BCUT2D eigenvalue weighted by molar-refractivity contribution is 8.01. The van der Waals surface area contributed by atoms with E-state index in [1.54, 1.807) is 28.4 Å². The zero-order chi connectivity index (χ0) is 18.6. The minimum atomic E-state index is -0.0276. The monoisotopic (exact) mass is 395 g/mol. The van der Waals surface area contributed by atoms with Gasteiger partial charge in [0.15, 0.2) is 4.34 Å². The Bertz CT molecular complexity index is 1060. The summed E-state index contributed by atoms with van der Waals surface area (Å²) in [7, 11) is 1.87. The molecule has 0 aliphatic rings. The summed E-state index contributed by atoms with van der Waals surface area (Å²) in [6, 6.07) is 11.8. The number of hydrogen-bond acceptors (Lipinski definition) is 6. The van der Waals surface area contributed by atoms with Crippen LogP contribution in [0.15, 0.2) is 59.3 Å². The number of aryl methyl sites for hydroxylation is 1. The molecule has 1 amide bonds. The summed E-state index contributed by atoms with van der Waals surface area (Å²) in [4.78, 5) is 21.2. The third-order valence-corrected chi connectivity index (χ3v) is 6.13. The van der Waals surface area contributed by atoms with Crippen LogP contribution in [0.5, 0.6) is 0 Å². The van der Waals surface area contributed by atoms with E-state index in [9.17, 15) is 4.79 Å². The molecular weight excluding hydrogens is 378 g/mol. The van der Waals surface area contributed by atoms with Crippen LogP contribution in [-0.2, 0) is 18.4 Å². The molecule has 3 aromatic heterocycles. The van der Waals surface area contributed by atoms with Crippen molar-refractivity contribution in [2.75, 3.05) is 5.75 Å². The first-order valence-electron chi connectivity index (χ1n) is 8.37. The van der Waals surface area contributed by atoms with E-state index in [-0.39, 0.29) is 5.91 Å². The maximum atomic E-state index is 12.3. The van der Waals surface area contributed by atoms with Gasteiger partial charge in [-0.1, -0.05) is 30.0 Å². The number of carbonyl (C=O) groups is 1. The number of amides is 1. The Labute approximate surface area is 164 Å². The predicted octanol–water partition coefficient (Wildman–Crippen LogP) is 3.50. The molecule has 1 N–H and O–H groups in total. The van der Waals surface area contributed by atoms with Crippen LogP contribution >= 0.6 is 23.1 Å². The number of benzene rings is 1. The topological polar surface area (TPSA) is 72.7 Å². The largest absolute Gasteiger partial charge is 0.351 e. The second kappa shape index (κ2) is 7.89. The molecule has 27 heavy (non-hydrogen) atoms. The molecule has 0 radical (unpaired) electrons. The van der Waals surface area contributed by atoms with Gasteiger partial charge in [-0.2, -0.15) is 5.10 Å². The second-order valence-electron chi connectivity index (χ2n) is 5.93. The van der Waals surface area contributed by atoms with Crippen molar-refractivity contribution < 1.29 is 4.79 Å². The standard InChI is InChI=1S/C19H17N5OS2/c1-24-11-14(10-22-24)18-13(5-4-8-20-18)9-21-17(25)12-26-19-23-15-6-2-3-7-16(15)27-19/h2-8,10-11H,9,12H2,1H3,(H,21,25). The smallest absolute Gasteiger partial charge is 0.230 e. The van der Waals surface area contributed by atoms with Crippen LogP contribution in [0.2, 0.25) is 0 Å². The van der Waals surface area contributed by atoms with Crippen molar-refractivity contribution in [1.29, 1.82) is 0 Å². The number of thiazole rings is 1. The van der Waals surface area contributed by atoms with Gasteiger partial charge in [-0.15, -0.1) is 11.3 Å². The molecular formula is C19H17N5OS2. The van der Waals surface area contributed by atoms with E-state index in [0.29, 0.717) is 12.3 Å². The summed E-state index contributed by atoms with van der Waals surface area (Å²) in [5, 5.41) is 7.16. The number of hydrogen-bond donors (Lipinski definition) is 1. The molecule has 0 bridgehead atoms. The fourth-order valence-electron chi connectivity index (χ4n) is 2.67. The molecule has 0 aliphatic heterocycles. The number of rotatable bonds is 6. The van der Waals surface area contributed by atoms with Gasteiger partial charge in [-0.3, -0.25) is 14.5 Å². The van der Waals surface area contributed by atoms with E-state index in [2.05, 4.69) is 20.4 Å². The SMILES string of the molecule is Cn1cc(-c2ncccc2CNC(=O)CSc2nc3ccccc3s2)cn1. The number of pyridine rings is 1. The Balaban J connectivity index is 1.37. The Morgan fingerprint density at radius 3 is 2.96 bits per heavy atom. The van der Waals surface area contributed by atoms with Gasteiger partial charge in [-0.25, -0.2) is 4.98 Å². The Morgan fingerprint density at radius 2 is 2.15 bits per heavy atom. The molecule has 1 aromatic carbocycles. The molecule has 4 rings (SSSR count). The van der Waals surface area contributed by atoms with Gasteiger partial charge >= 0.3 is 0 Å². The maximum absolute atomic E-state index is 12.3. The molecule has 8 heteroatoms. The number of para-hydroxylation sites is 1. The first-order valence-corrected chi connectivity index (χ1v) is 10.2. The van der Waals surface area contributed by atoms with Crippen molar-refractivity contribution in [3.63, 3.8) is 0 Å². The highest BCUT2D eigenvalue weighted by atomic mass is 32.2. The fraction of sp³-hybridized carbons (Fsp3) is 0.158. The summed E-state index contributed by atoms with van der Waals surface area (Å²) in [6.45, 7) is 0.428. The first-order chi connectivity index (χ1) is 13.2. The van der Waals surface area contributed by atoms with Gasteiger partial charge in [-0.05, 0) is 23.8 Å². The summed E-state index contributed by atoms with van der Waals surface area (Å²) in [6.07, 6.45) is 5.43. The van der Waals surface area contributed by atoms with Crippen molar-refractivity contribution in [3.05, 3.63) is 60.6 Å². The normalized spacial score (nSPS) is 11.0. The van der Waals surface area contributed by atoms with Crippen molar-refractivity contribution >= 4 is 39.2 Å². The lowest BCUT2D eigenvalue weighted by Gasteiger charge is -2.08. The molecule has 0 saturated heterocycles. The predicted molar refractivity (Wildman–Crippen MR) is 109 cm³/mol. The number of nitrogens with zero attached hydrogens (tertiary/aromatic N) is 4. The molecule has 0 aliphatic carbocycles. The lowest BCUT2D eigenvalue weighted by atomic mass is 10.1. The summed E-state index contributed by atoms with van der Waals surface area (Å²) < 4.78 is 3.78. The van der Waals surface area contributed by atoms with Gasteiger partial charge in [0.25, 0.3) is 0 Å². The van der Waals surface area contributed by atoms with Crippen molar-refractivity contribution in [1.82, 2.24) is 25.1 Å². The van der Waals surface area contributed by atoms with Gasteiger partial charge < -0.3 is 5.32 Å². The molecule has 6 nitrogen and oxygen atoms in total. The number of carbonyl (C=O) groups excluding carboxylic acids is 1. The second-order valence-corrected chi connectivity index (χ2v) is 8.18. The van der Waals surface area contributed by atoms with E-state index in [0.717, 1.165) is 31.4 Å². The summed E-state index contributed by atoms with van der Waals surface area (Å²) >= 11 is 3.07. The molecule has 3 heterocycles. The average Bonchev–Trinajstić information content (AvgIpc) is 3.30. The zero-order valence-corrected chi connectivity index (χ0v) is 16.3. The average molecular weight is 396 g/mol. The van der Waals surface area contributed by atoms with Gasteiger partial charge in [0.05, 0.1) is 27.9 Å². The molecule has 0 spiro atoms. The summed E-state index contributed by atoms with van der Waals surface area (Å²) in [5.74, 6) is 0.308. The minimum absolute atomic E-state index is 0.0276. The van der Waals surface area contributed by atoms with Gasteiger partial charge in [0.1, 0.15) is 0 Å². The number of nitrogens with one attached hydrogen (secondary N) is 1. The van der Waals surface area contributed by atoms with E-state index >= 15 is 0 Å². The summed E-state index contributed by atoms with van der Waals surface area (Å²) in [5.41, 5.74) is 3.71. The Hall–Kier alpha value is -2.71. The Morgan fingerprint density at radius 1 is 1.26 bits per heavy atom. The van der Waals surface area contributed by atoms with Gasteiger partial charge in [0, 0.05) is 31.5 Å². The van der Waals surface area contributed by atoms with Crippen LogP contribution in [0, 0.1) is 0 Å². The minimum Gasteiger partial charge on any atom is -0.351 e. The number of thioether (sulfide) groups is 1. The lowest BCUT2D eigenvalue weighted by Crippen LogP contribution is -2.24. The number of aromatic nitrogens is 4. The van der Waals surface area contributed by atoms with E-state index in [1.807, 2.05) is 49.6 Å². The molecule has 4 aromatic rings. The first kappa shape index (κ1) is 17.7. The quantitative estimate of drug-likeness (QED) is 0.506. The number of fused-ring (bicyclic) bond motifs is 1. The van der Waals surface area contributed by atoms with E-state index < -0.39 is 0 Å². The van der Waals surface area contributed by atoms with E-state index in [1.165, 1.54) is 11.8 Å². The highest BCUT2D eigenvalue weighted by Crippen LogP contribution is 2.29. The lowest BCUT2D eigenvalue weighted by molar-refractivity contribution is -0.118. The maximum Gasteiger partial charge on any atom is 0.230 e. The third kappa shape index (κ3) is 4.17. The fourth-order valence-corrected chi connectivity index (χ4v) is 4.57. The van der Waals surface area contributed by atoms with Gasteiger partial charge in [0.2, 0.25) is 5.91 Å². The van der Waals surface area contributed by atoms with Crippen LogP contribution in [0.4, 0.5) is 0 Å². The molecule has 0 atom stereocenters. The Kier molecular flexibility index (Phi) is 5.17. The third-order valence-electron chi connectivity index (χ3n) is 3.95. The molecule has 0 fully saturated rings. The van der Waals surface area contributed by atoms with Crippen molar-refractivity contribution in [2.45, 2.75) is 10.9 Å². The molecule has 0 saturated carbocycles. The van der Waals surface area contributed by atoms with Crippen LogP contribution in [0.1, 0.15) is 5.56 Å². The molecule has 0 unspecified atom stereocenters. The van der Waals surface area contributed by atoms with Crippen LogP contribution in [-0.4, -0.2) is 31.4 Å². The van der Waals surface area contributed by atoms with Crippen molar-refractivity contribution in [3.8, 4) is 11.3 Å². The van der Waals surface area contributed by atoms with Crippen LogP contribution < -0.4 is 5.32 Å². The van der Waals surface area contributed by atoms with Crippen LogP contribution in [0.25, 0.3) is 21.5 Å². The van der Waals surface area contributed by atoms with Crippen LogP contribution in [0.3, 0.4) is 0 Å². The van der Waals surface area contributed by atoms with E-state index in [4.69, 9.17) is 0 Å². The highest BCUT2D eigenvalue weighted by Gasteiger charge is 2.11. The van der Waals surface area contributed by atoms with Crippen molar-refractivity contribution in [2.24, 2.45) is 7.05 Å². The zero-order valence-electron chi connectivity index (χ0n) is 14.6. The molecule has 136 valence electrons.